The Hall–Kier alpha value is -2.50. The number of ether oxygens (including phenoxy) is 1. The van der Waals surface area contributed by atoms with Crippen molar-refractivity contribution in [3.8, 4) is 5.88 Å². The zero-order valence-corrected chi connectivity index (χ0v) is 10.7. The molecule has 0 bridgehead atoms. The molecule has 0 aliphatic rings. The molecule has 0 spiro atoms. The predicted molar refractivity (Wildman–Crippen MR) is 70.5 cm³/mol. The fourth-order valence-electron chi connectivity index (χ4n) is 1.60. The van der Waals surface area contributed by atoms with Gasteiger partial charge in [-0.2, -0.15) is 0 Å². The molecule has 2 rings (SSSR count). The van der Waals surface area contributed by atoms with Crippen molar-refractivity contribution in [2.45, 2.75) is 13.0 Å². The number of nitrogens with zero attached hydrogens (tertiary/aromatic N) is 2. The summed E-state index contributed by atoms with van der Waals surface area (Å²) in [6, 6.07) is 9.43. The summed E-state index contributed by atoms with van der Waals surface area (Å²) in [5.41, 5.74) is 1.63. The lowest BCUT2D eigenvalue weighted by molar-refractivity contribution is -0.479. The van der Waals surface area contributed by atoms with Crippen molar-refractivity contribution in [1.82, 2.24) is 4.98 Å². The third kappa shape index (κ3) is 4.31. The number of nitro groups is 1. The van der Waals surface area contributed by atoms with E-state index in [9.17, 15) is 14.5 Å². The topological polar surface area (TPSA) is 65.3 Å². The molecule has 0 saturated carbocycles. The highest BCUT2D eigenvalue weighted by Crippen LogP contribution is 2.11. The molecule has 0 saturated heterocycles. The van der Waals surface area contributed by atoms with Crippen LogP contribution in [0.25, 0.3) is 0 Å². The summed E-state index contributed by atoms with van der Waals surface area (Å²) < 4.78 is 18.2. The predicted octanol–water partition coefficient (Wildman–Crippen LogP) is 2.62. The quantitative estimate of drug-likeness (QED) is 0.601. The maximum Gasteiger partial charge on any atom is 0.213 e. The normalized spacial score (nSPS) is 10.2. The first kappa shape index (κ1) is 13.9. The van der Waals surface area contributed by atoms with Gasteiger partial charge < -0.3 is 4.74 Å². The average molecular weight is 276 g/mol. The van der Waals surface area contributed by atoms with E-state index in [1.807, 2.05) is 0 Å². The molecule has 0 unspecified atom stereocenters. The summed E-state index contributed by atoms with van der Waals surface area (Å²) in [4.78, 5) is 14.0. The number of aromatic nitrogens is 1. The van der Waals surface area contributed by atoms with Gasteiger partial charge in [0.15, 0.2) is 0 Å². The fraction of sp³-hybridized carbons (Fsp3) is 0.214. The van der Waals surface area contributed by atoms with Crippen LogP contribution in [0.4, 0.5) is 4.39 Å². The van der Waals surface area contributed by atoms with Crippen molar-refractivity contribution in [3.63, 3.8) is 0 Å². The molecule has 0 aliphatic carbocycles. The minimum absolute atomic E-state index is 0.114. The maximum atomic E-state index is 12.7. The fourth-order valence-corrected chi connectivity index (χ4v) is 1.60. The molecule has 20 heavy (non-hydrogen) atoms. The number of rotatable bonds is 6. The van der Waals surface area contributed by atoms with Crippen LogP contribution >= 0.6 is 0 Å². The van der Waals surface area contributed by atoms with Crippen LogP contribution in [0.2, 0.25) is 0 Å². The molecule has 1 heterocycles. The molecule has 0 aliphatic heterocycles. The van der Waals surface area contributed by atoms with Crippen molar-refractivity contribution < 1.29 is 14.1 Å². The zero-order valence-electron chi connectivity index (χ0n) is 10.7. The van der Waals surface area contributed by atoms with Crippen LogP contribution in [0.3, 0.4) is 0 Å². The highest BCUT2D eigenvalue weighted by atomic mass is 19.1. The van der Waals surface area contributed by atoms with Crippen LogP contribution < -0.4 is 4.74 Å². The lowest BCUT2D eigenvalue weighted by Crippen LogP contribution is -2.04. The lowest BCUT2D eigenvalue weighted by Gasteiger charge is -2.05. The summed E-state index contributed by atoms with van der Waals surface area (Å²) in [6.07, 6.45) is 1.90. The SMILES string of the molecule is O=[N+]([O-])CCc1ccc(OCc2ccc(F)cc2)nc1. The minimum Gasteiger partial charge on any atom is -0.473 e. The van der Waals surface area contributed by atoms with Gasteiger partial charge in [0.1, 0.15) is 12.4 Å². The minimum atomic E-state index is -0.362. The van der Waals surface area contributed by atoms with Crippen LogP contribution in [0.15, 0.2) is 42.6 Å². The third-order valence-corrected chi connectivity index (χ3v) is 2.68. The van der Waals surface area contributed by atoms with E-state index >= 15 is 0 Å². The largest absolute Gasteiger partial charge is 0.473 e. The molecule has 0 fully saturated rings. The van der Waals surface area contributed by atoms with E-state index in [1.165, 1.54) is 12.1 Å². The van der Waals surface area contributed by atoms with Crippen molar-refractivity contribution in [2.75, 3.05) is 6.54 Å². The Morgan fingerprint density at radius 2 is 1.85 bits per heavy atom. The van der Waals surface area contributed by atoms with Gasteiger partial charge in [0.25, 0.3) is 0 Å². The van der Waals surface area contributed by atoms with E-state index in [2.05, 4.69) is 4.98 Å². The summed E-state index contributed by atoms with van der Waals surface area (Å²) in [5, 5.41) is 10.3. The molecule has 0 amide bonds. The highest BCUT2D eigenvalue weighted by molar-refractivity contribution is 5.19. The van der Waals surface area contributed by atoms with Crippen LogP contribution in [-0.2, 0) is 13.0 Å². The van der Waals surface area contributed by atoms with Gasteiger partial charge in [0.2, 0.25) is 12.4 Å². The molecule has 0 N–H and O–H groups in total. The molecular weight excluding hydrogens is 263 g/mol. The summed E-state index contributed by atoms with van der Waals surface area (Å²) in [6.45, 7) is 0.180. The van der Waals surface area contributed by atoms with Gasteiger partial charge in [-0.15, -0.1) is 0 Å². The van der Waals surface area contributed by atoms with Gasteiger partial charge in [-0.25, -0.2) is 9.37 Å². The van der Waals surface area contributed by atoms with Gasteiger partial charge in [-0.1, -0.05) is 18.2 Å². The standard InChI is InChI=1S/C14H13FN2O3/c15-13-4-1-12(2-5-13)10-20-14-6-3-11(9-16-14)7-8-17(18)19/h1-6,9H,7-8,10H2. The van der Waals surface area contributed by atoms with Crippen LogP contribution in [0, 0.1) is 15.9 Å². The lowest BCUT2D eigenvalue weighted by atomic mass is 10.2. The third-order valence-electron chi connectivity index (χ3n) is 2.68. The molecular formula is C14H13FN2O3. The monoisotopic (exact) mass is 276 g/mol. The molecule has 0 atom stereocenters. The number of hydrogen-bond acceptors (Lipinski definition) is 4. The second-order valence-corrected chi connectivity index (χ2v) is 4.23. The van der Waals surface area contributed by atoms with Gasteiger partial charge in [0.05, 0.1) is 0 Å². The van der Waals surface area contributed by atoms with E-state index in [0.717, 1.165) is 11.1 Å². The zero-order chi connectivity index (χ0) is 14.4. The maximum absolute atomic E-state index is 12.7. The molecule has 1 aromatic carbocycles. The Labute approximate surface area is 115 Å². The number of benzene rings is 1. The van der Waals surface area contributed by atoms with Crippen LogP contribution in [-0.4, -0.2) is 16.5 Å². The first-order valence-corrected chi connectivity index (χ1v) is 6.07. The highest BCUT2D eigenvalue weighted by Gasteiger charge is 2.02. The second-order valence-electron chi connectivity index (χ2n) is 4.23. The smallest absolute Gasteiger partial charge is 0.213 e. The molecule has 2 aromatic rings. The Morgan fingerprint density at radius 1 is 1.15 bits per heavy atom. The number of hydrogen-bond donors (Lipinski definition) is 0. The Balaban J connectivity index is 1.87. The number of pyridine rings is 1. The Kier molecular flexibility index (Phi) is 4.60. The number of halogens is 1. The van der Waals surface area contributed by atoms with Crippen molar-refractivity contribution in [2.24, 2.45) is 0 Å². The summed E-state index contributed by atoms with van der Waals surface area (Å²) in [7, 11) is 0. The Morgan fingerprint density at radius 3 is 2.45 bits per heavy atom. The van der Waals surface area contributed by atoms with Crippen LogP contribution in [0.1, 0.15) is 11.1 Å². The van der Waals surface area contributed by atoms with E-state index < -0.39 is 0 Å². The Bertz CT molecular complexity index is 570. The van der Waals surface area contributed by atoms with Gasteiger partial charge in [-0.05, 0) is 23.3 Å². The van der Waals surface area contributed by atoms with E-state index in [1.54, 1.807) is 30.5 Å². The molecule has 104 valence electrons. The van der Waals surface area contributed by atoms with Crippen molar-refractivity contribution in [3.05, 3.63) is 69.7 Å². The molecule has 1 aromatic heterocycles. The summed E-state index contributed by atoms with van der Waals surface area (Å²) >= 11 is 0. The molecule has 6 heteroatoms. The average Bonchev–Trinajstić information content (AvgIpc) is 2.45. The first-order valence-electron chi connectivity index (χ1n) is 6.07. The van der Waals surface area contributed by atoms with E-state index in [-0.39, 0.29) is 17.3 Å². The second kappa shape index (κ2) is 6.60. The van der Waals surface area contributed by atoms with Crippen molar-refractivity contribution in [1.29, 1.82) is 0 Å². The van der Waals surface area contributed by atoms with Gasteiger partial charge >= 0.3 is 0 Å². The van der Waals surface area contributed by atoms with E-state index in [4.69, 9.17) is 4.74 Å². The van der Waals surface area contributed by atoms with E-state index in [0.29, 0.717) is 18.9 Å². The summed E-state index contributed by atoms with van der Waals surface area (Å²) in [5.74, 6) is 0.140. The first-order chi connectivity index (χ1) is 9.63. The van der Waals surface area contributed by atoms with Gasteiger partial charge in [0, 0.05) is 23.6 Å². The van der Waals surface area contributed by atoms with Gasteiger partial charge in [-0.3, -0.25) is 10.1 Å². The van der Waals surface area contributed by atoms with Crippen molar-refractivity contribution >= 4 is 0 Å². The molecule has 5 nitrogen and oxygen atoms in total. The van der Waals surface area contributed by atoms with Crippen LogP contribution in [0.5, 0.6) is 5.88 Å². The molecule has 0 radical (unpaired) electrons.